The van der Waals surface area contributed by atoms with E-state index in [0.717, 1.165) is 39.6 Å². The Morgan fingerprint density at radius 1 is 1.17 bits per heavy atom. The van der Waals surface area contributed by atoms with E-state index < -0.39 is 5.97 Å². The summed E-state index contributed by atoms with van der Waals surface area (Å²) in [5.41, 5.74) is 4.62. The Hall–Kier alpha value is -3.52. The van der Waals surface area contributed by atoms with Gasteiger partial charge in [0.05, 0.1) is 18.7 Å². The van der Waals surface area contributed by atoms with Crippen molar-refractivity contribution in [2.24, 2.45) is 0 Å². The number of benzene rings is 2. The molecular weight excluding hydrogens is 464 g/mol. The van der Waals surface area contributed by atoms with Gasteiger partial charge in [0, 0.05) is 23.0 Å². The van der Waals surface area contributed by atoms with Crippen LogP contribution in [0.15, 0.2) is 42.5 Å². The smallest absolute Gasteiger partial charge is 0.341 e. The Morgan fingerprint density at radius 3 is 2.80 bits per heavy atom. The summed E-state index contributed by atoms with van der Waals surface area (Å²) in [6, 6.07) is 14.2. The fourth-order valence-corrected chi connectivity index (χ4v) is 5.94. The highest BCUT2D eigenvalue weighted by Crippen LogP contribution is 2.38. The van der Waals surface area contributed by atoms with Crippen molar-refractivity contribution < 1.29 is 23.8 Å². The topological polar surface area (TPSA) is 77.1 Å². The van der Waals surface area contributed by atoms with E-state index in [4.69, 9.17) is 14.2 Å². The molecule has 3 aromatic rings. The third-order valence-corrected chi connectivity index (χ3v) is 7.65. The van der Waals surface area contributed by atoms with Gasteiger partial charge in [0.1, 0.15) is 5.00 Å². The first-order chi connectivity index (χ1) is 16.9. The number of carbonyl (C=O) groups is 2. The van der Waals surface area contributed by atoms with Crippen LogP contribution < -0.4 is 19.7 Å². The van der Waals surface area contributed by atoms with Crippen LogP contribution in [0.25, 0.3) is 0 Å². The number of esters is 1. The van der Waals surface area contributed by atoms with Crippen molar-refractivity contribution >= 4 is 33.9 Å². The van der Waals surface area contributed by atoms with Crippen LogP contribution in [0.2, 0.25) is 0 Å². The number of hydrogen-bond donors (Lipinski definition) is 1. The maximum atomic E-state index is 13.1. The fraction of sp³-hybridized carbons (Fsp3) is 0.333. The van der Waals surface area contributed by atoms with E-state index in [2.05, 4.69) is 29.3 Å². The van der Waals surface area contributed by atoms with Gasteiger partial charge in [-0.2, -0.15) is 0 Å². The van der Waals surface area contributed by atoms with Gasteiger partial charge in [0.25, 0.3) is 0 Å². The number of carbonyl (C=O) groups excluding carboxylic acids is 2. The second-order valence-corrected chi connectivity index (χ2v) is 9.90. The van der Waals surface area contributed by atoms with Crippen molar-refractivity contribution in [3.05, 3.63) is 69.6 Å². The van der Waals surface area contributed by atoms with Crippen molar-refractivity contribution in [3.8, 4) is 11.5 Å². The number of rotatable bonds is 7. The molecule has 2 aliphatic rings. The predicted molar refractivity (Wildman–Crippen MR) is 136 cm³/mol. The zero-order valence-electron chi connectivity index (χ0n) is 20.1. The molecule has 0 fully saturated rings. The van der Waals surface area contributed by atoms with Crippen LogP contribution in [0.3, 0.4) is 0 Å². The van der Waals surface area contributed by atoms with Crippen molar-refractivity contribution in [1.29, 1.82) is 0 Å². The van der Waals surface area contributed by atoms with Gasteiger partial charge in [-0.1, -0.05) is 24.3 Å². The van der Waals surface area contributed by atoms with Gasteiger partial charge in [-0.25, -0.2) is 4.79 Å². The van der Waals surface area contributed by atoms with E-state index in [-0.39, 0.29) is 31.9 Å². The molecule has 2 aliphatic heterocycles. The number of para-hydroxylation sites is 1. The number of ether oxygens (including phenoxy) is 3. The third kappa shape index (κ3) is 4.58. The number of thiophene rings is 1. The van der Waals surface area contributed by atoms with E-state index in [9.17, 15) is 9.59 Å². The van der Waals surface area contributed by atoms with Gasteiger partial charge in [0.2, 0.25) is 12.7 Å². The summed E-state index contributed by atoms with van der Waals surface area (Å²) in [4.78, 5) is 29.1. The van der Waals surface area contributed by atoms with Gasteiger partial charge in [-0.15, -0.1) is 11.3 Å². The van der Waals surface area contributed by atoms with Crippen LogP contribution in [0, 0.1) is 6.92 Å². The SMILES string of the molecule is CCOC(=O)c1c(NC(=O)CN2c3ccccc3C[C@H]2C)sc(Cc2ccc3c(c2)OCO3)c1C. The first kappa shape index (κ1) is 23.2. The monoisotopic (exact) mass is 492 g/mol. The van der Waals surface area contributed by atoms with Crippen LogP contribution in [-0.4, -0.2) is 37.9 Å². The standard InChI is InChI=1S/C27H28N2O5S/c1-4-32-27(31)25-17(3)23(13-18-9-10-21-22(12-18)34-15-33-21)35-26(25)28-24(30)14-29-16(2)11-19-7-5-6-8-20(19)29/h5-10,12,16H,4,11,13-15H2,1-3H3,(H,28,30)/t16-/m1/s1. The van der Waals surface area contributed by atoms with Crippen molar-refractivity contribution in [2.45, 2.75) is 39.7 Å². The molecule has 0 saturated heterocycles. The molecule has 0 bridgehead atoms. The third-order valence-electron chi connectivity index (χ3n) is 6.44. The Bertz CT molecular complexity index is 1280. The Labute approximate surface area is 208 Å². The molecule has 0 spiro atoms. The molecule has 5 rings (SSSR count). The van der Waals surface area contributed by atoms with Crippen LogP contribution in [-0.2, 0) is 22.4 Å². The minimum absolute atomic E-state index is 0.157. The number of nitrogens with one attached hydrogen (secondary N) is 1. The largest absolute Gasteiger partial charge is 0.462 e. The molecule has 1 atom stereocenters. The predicted octanol–water partition coefficient (Wildman–Crippen LogP) is 4.94. The Morgan fingerprint density at radius 2 is 1.97 bits per heavy atom. The first-order valence-electron chi connectivity index (χ1n) is 11.8. The summed E-state index contributed by atoms with van der Waals surface area (Å²) >= 11 is 1.42. The molecule has 8 heteroatoms. The van der Waals surface area contributed by atoms with Crippen molar-refractivity contribution in [3.63, 3.8) is 0 Å². The van der Waals surface area contributed by atoms with Crippen LogP contribution in [0.1, 0.15) is 45.8 Å². The first-order valence-corrected chi connectivity index (χ1v) is 12.6. The van der Waals surface area contributed by atoms with E-state index >= 15 is 0 Å². The summed E-state index contributed by atoms with van der Waals surface area (Å²) in [7, 11) is 0. The van der Waals surface area contributed by atoms with Gasteiger partial charge < -0.3 is 24.4 Å². The number of fused-ring (bicyclic) bond motifs is 2. The molecule has 35 heavy (non-hydrogen) atoms. The summed E-state index contributed by atoms with van der Waals surface area (Å²) in [6.45, 7) is 6.50. The zero-order valence-corrected chi connectivity index (χ0v) is 20.9. The van der Waals surface area contributed by atoms with Crippen LogP contribution in [0.4, 0.5) is 10.7 Å². The van der Waals surface area contributed by atoms with E-state index in [1.165, 1.54) is 16.9 Å². The molecule has 2 aromatic carbocycles. The molecule has 7 nitrogen and oxygen atoms in total. The molecule has 182 valence electrons. The second-order valence-electron chi connectivity index (χ2n) is 8.80. The maximum Gasteiger partial charge on any atom is 0.341 e. The zero-order chi connectivity index (χ0) is 24.5. The van der Waals surface area contributed by atoms with E-state index in [0.29, 0.717) is 17.0 Å². The van der Waals surface area contributed by atoms with Crippen molar-refractivity contribution in [2.75, 3.05) is 30.2 Å². The number of amides is 1. The lowest BCUT2D eigenvalue weighted by Gasteiger charge is -2.24. The lowest BCUT2D eigenvalue weighted by atomic mass is 10.1. The quantitative estimate of drug-likeness (QED) is 0.471. The summed E-state index contributed by atoms with van der Waals surface area (Å²) in [5, 5.41) is 3.54. The van der Waals surface area contributed by atoms with Crippen LogP contribution >= 0.6 is 11.3 Å². The van der Waals surface area contributed by atoms with Crippen LogP contribution in [0.5, 0.6) is 11.5 Å². The average molecular weight is 493 g/mol. The fourth-order valence-electron chi connectivity index (χ4n) is 4.69. The molecule has 3 heterocycles. The number of nitrogens with zero attached hydrogens (tertiary/aromatic N) is 1. The number of anilines is 2. The lowest BCUT2D eigenvalue weighted by Crippen LogP contribution is -2.37. The highest BCUT2D eigenvalue weighted by atomic mass is 32.1. The highest BCUT2D eigenvalue weighted by Gasteiger charge is 2.29. The molecule has 0 radical (unpaired) electrons. The summed E-state index contributed by atoms with van der Waals surface area (Å²) in [6.07, 6.45) is 1.52. The van der Waals surface area contributed by atoms with Crippen molar-refractivity contribution in [1.82, 2.24) is 0 Å². The molecule has 0 aliphatic carbocycles. The van der Waals surface area contributed by atoms with E-state index in [1.54, 1.807) is 6.92 Å². The van der Waals surface area contributed by atoms with Gasteiger partial charge in [-0.05, 0) is 62.1 Å². The van der Waals surface area contributed by atoms with E-state index in [1.807, 2.05) is 37.3 Å². The summed E-state index contributed by atoms with van der Waals surface area (Å²) in [5.74, 6) is 0.869. The molecular formula is C27H28N2O5S. The Kier molecular flexibility index (Phi) is 6.38. The highest BCUT2D eigenvalue weighted by molar-refractivity contribution is 7.17. The molecule has 1 aromatic heterocycles. The normalized spacial score (nSPS) is 15.7. The van der Waals surface area contributed by atoms with Gasteiger partial charge in [-0.3, -0.25) is 4.79 Å². The molecule has 0 unspecified atom stereocenters. The van der Waals surface area contributed by atoms with Gasteiger partial charge >= 0.3 is 5.97 Å². The second kappa shape index (κ2) is 9.62. The average Bonchev–Trinajstić information content (AvgIpc) is 3.50. The minimum Gasteiger partial charge on any atom is -0.462 e. The Balaban J connectivity index is 1.38. The number of hydrogen-bond acceptors (Lipinski definition) is 7. The van der Waals surface area contributed by atoms with Gasteiger partial charge in [0.15, 0.2) is 11.5 Å². The minimum atomic E-state index is -0.423. The molecule has 1 N–H and O–H groups in total. The maximum absolute atomic E-state index is 13.1. The molecule has 1 amide bonds. The lowest BCUT2D eigenvalue weighted by molar-refractivity contribution is -0.115. The summed E-state index contributed by atoms with van der Waals surface area (Å²) < 4.78 is 16.2. The molecule has 0 saturated carbocycles.